The van der Waals surface area contributed by atoms with Crippen molar-refractivity contribution in [2.24, 2.45) is 0 Å². The fraction of sp³-hybridized carbons (Fsp3) is 0.800. The van der Waals surface area contributed by atoms with Crippen molar-refractivity contribution in [1.29, 1.82) is 5.26 Å². The molecular formula is C10H19N3O. The molecule has 0 aliphatic heterocycles. The zero-order valence-corrected chi connectivity index (χ0v) is 9.13. The molecule has 4 nitrogen and oxygen atoms in total. The van der Waals surface area contributed by atoms with Gasteiger partial charge in [-0.2, -0.15) is 5.26 Å². The summed E-state index contributed by atoms with van der Waals surface area (Å²) in [5.74, 6) is 0.0525. The molecule has 80 valence electrons. The average Bonchev–Trinajstić information content (AvgIpc) is 2.02. The zero-order valence-electron chi connectivity index (χ0n) is 9.13. The molecule has 0 radical (unpaired) electrons. The van der Waals surface area contributed by atoms with E-state index in [1.165, 1.54) is 0 Å². The smallest absolute Gasteiger partial charge is 0.221 e. The molecule has 0 saturated heterocycles. The van der Waals surface area contributed by atoms with Crippen molar-refractivity contribution in [1.82, 2.24) is 10.6 Å². The largest absolute Gasteiger partial charge is 0.354 e. The zero-order chi connectivity index (χ0) is 11.0. The molecule has 0 aromatic rings. The van der Waals surface area contributed by atoms with Gasteiger partial charge in [-0.25, -0.2) is 0 Å². The van der Waals surface area contributed by atoms with Crippen LogP contribution in [-0.4, -0.2) is 24.5 Å². The number of carbonyl (C=O) groups is 1. The number of hydrogen-bond donors (Lipinski definition) is 2. The highest BCUT2D eigenvalue weighted by molar-refractivity contribution is 5.76. The summed E-state index contributed by atoms with van der Waals surface area (Å²) in [6, 6.07) is 2.43. The van der Waals surface area contributed by atoms with Gasteiger partial charge in [-0.15, -0.1) is 0 Å². The number of nitriles is 1. The SMILES string of the molecule is CC(C)NC(=O)CCNC(C)CC#N. The molecule has 1 atom stereocenters. The number of nitrogens with zero attached hydrogens (tertiary/aromatic N) is 1. The Hall–Kier alpha value is -1.08. The Morgan fingerprint density at radius 2 is 2.07 bits per heavy atom. The van der Waals surface area contributed by atoms with Gasteiger partial charge in [0.05, 0.1) is 12.5 Å². The van der Waals surface area contributed by atoms with E-state index in [0.29, 0.717) is 19.4 Å². The van der Waals surface area contributed by atoms with E-state index in [9.17, 15) is 4.79 Å². The minimum Gasteiger partial charge on any atom is -0.354 e. The Morgan fingerprint density at radius 3 is 2.57 bits per heavy atom. The van der Waals surface area contributed by atoms with Crippen molar-refractivity contribution >= 4 is 5.91 Å². The van der Waals surface area contributed by atoms with Gasteiger partial charge in [-0.3, -0.25) is 4.79 Å². The fourth-order valence-corrected chi connectivity index (χ4v) is 1.04. The quantitative estimate of drug-likeness (QED) is 0.661. The van der Waals surface area contributed by atoms with Crippen molar-refractivity contribution in [2.45, 2.75) is 45.7 Å². The standard InChI is InChI=1S/C10H19N3O/c1-8(2)13-10(14)5-7-12-9(3)4-6-11/h8-9,12H,4-5,7H2,1-3H3,(H,13,14). The van der Waals surface area contributed by atoms with Crippen LogP contribution in [-0.2, 0) is 4.79 Å². The normalized spacial score (nSPS) is 12.2. The van der Waals surface area contributed by atoms with Crippen LogP contribution < -0.4 is 10.6 Å². The molecule has 2 N–H and O–H groups in total. The van der Waals surface area contributed by atoms with Crippen LogP contribution in [0.5, 0.6) is 0 Å². The summed E-state index contributed by atoms with van der Waals surface area (Å²) < 4.78 is 0. The van der Waals surface area contributed by atoms with Crippen molar-refractivity contribution in [3.63, 3.8) is 0 Å². The van der Waals surface area contributed by atoms with E-state index in [1.54, 1.807) is 0 Å². The summed E-state index contributed by atoms with van der Waals surface area (Å²) in [5, 5.41) is 14.3. The maximum Gasteiger partial charge on any atom is 0.221 e. The van der Waals surface area contributed by atoms with Gasteiger partial charge < -0.3 is 10.6 Å². The molecule has 0 heterocycles. The third kappa shape index (κ3) is 7.56. The van der Waals surface area contributed by atoms with E-state index in [4.69, 9.17) is 5.26 Å². The second-order valence-electron chi connectivity index (χ2n) is 3.69. The van der Waals surface area contributed by atoms with Crippen LogP contribution in [0.4, 0.5) is 0 Å². The number of hydrogen-bond acceptors (Lipinski definition) is 3. The predicted molar refractivity (Wildman–Crippen MR) is 55.6 cm³/mol. The van der Waals surface area contributed by atoms with Gasteiger partial charge in [0.25, 0.3) is 0 Å². The molecule has 0 aromatic heterocycles. The van der Waals surface area contributed by atoms with Gasteiger partial charge in [0.2, 0.25) is 5.91 Å². The Labute approximate surface area is 85.7 Å². The predicted octanol–water partition coefficient (Wildman–Crippen LogP) is 0.793. The number of nitrogens with one attached hydrogen (secondary N) is 2. The first kappa shape index (κ1) is 12.9. The third-order valence-electron chi connectivity index (χ3n) is 1.69. The molecule has 0 aliphatic rings. The van der Waals surface area contributed by atoms with Crippen molar-refractivity contribution < 1.29 is 4.79 Å². The highest BCUT2D eigenvalue weighted by Gasteiger charge is 2.04. The highest BCUT2D eigenvalue weighted by Crippen LogP contribution is 1.88. The lowest BCUT2D eigenvalue weighted by Crippen LogP contribution is -2.34. The van der Waals surface area contributed by atoms with Crippen LogP contribution in [0.1, 0.15) is 33.6 Å². The molecule has 1 unspecified atom stereocenters. The van der Waals surface area contributed by atoms with Crippen LogP contribution in [0.25, 0.3) is 0 Å². The summed E-state index contributed by atoms with van der Waals surface area (Å²) in [5.41, 5.74) is 0. The van der Waals surface area contributed by atoms with E-state index in [-0.39, 0.29) is 18.0 Å². The lowest BCUT2D eigenvalue weighted by Gasteiger charge is -2.11. The summed E-state index contributed by atoms with van der Waals surface area (Å²) in [7, 11) is 0. The van der Waals surface area contributed by atoms with Gasteiger partial charge >= 0.3 is 0 Å². The number of amides is 1. The summed E-state index contributed by atoms with van der Waals surface area (Å²) in [4.78, 5) is 11.2. The first-order valence-electron chi connectivity index (χ1n) is 4.96. The lowest BCUT2D eigenvalue weighted by molar-refractivity contribution is -0.121. The van der Waals surface area contributed by atoms with Gasteiger partial charge in [0, 0.05) is 25.0 Å². The van der Waals surface area contributed by atoms with Crippen LogP contribution in [0.3, 0.4) is 0 Å². The number of rotatable bonds is 6. The molecule has 0 fully saturated rings. The molecule has 4 heteroatoms. The Kier molecular flexibility index (Phi) is 6.77. The van der Waals surface area contributed by atoms with Crippen molar-refractivity contribution in [2.75, 3.05) is 6.54 Å². The topological polar surface area (TPSA) is 64.9 Å². The fourth-order valence-electron chi connectivity index (χ4n) is 1.04. The maximum atomic E-state index is 11.2. The first-order valence-corrected chi connectivity index (χ1v) is 4.96. The van der Waals surface area contributed by atoms with Crippen LogP contribution in [0.2, 0.25) is 0 Å². The molecule has 0 spiro atoms. The van der Waals surface area contributed by atoms with Crippen molar-refractivity contribution in [3.8, 4) is 6.07 Å². The molecular weight excluding hydrogens is 178 g/mol. The monoisotopic (exact) mass is 197 g/mol. The summed E-state index contributed by atoms with van der Waals surface area (Å²) >= 11 is 0. The molecule has 14 heavy (non-hydrogen) atoms. The van der Waals surface area contributed by atoms with Crippen LogP contribution in [0, 0.1) is 11.3 Å². The van der Waals surface area contributed by atoms with E-state index in [1.807, 2.05) is 20.8 Å². The highest BCUT2D eigenvalue weighted by atomic mass is 16.1. The van der Waals surface area contributed by atoms with Crippen LogP contribution in [0.15, 0.2) is 0 Å². The average molecular weight is 197 g/mol. The second-order valence-corrected chi connectivity index (χ2v) is 3.69. The molecule has 0 aromatic carbocycles. The lowest BCUT2D eigenvalue weighted by atomic mass is 10.2. The summed E-state index contributed by atoms with van der Waals surface area (Å²) in [6.07, 6.45) is 0.944. The Morgan fingerprint density at radius 1 is 1.43 bits per heavy atom. The van der Waals surface area contributed by atoms with Gasteiger partial charge in [0.1, 0.15) is 0 Å². The Balaban J connectivity index is 3.45. The molecule has 0 rings (SSSR count). The Bertz CT molecular complexity index is 208. The van der Waals surface area contributed by atoms with E-state index in [2.05, 4.69) is 16.7 Å². The maximum absolute atomic E-state index is 11.2. The van der Waals surface area contributed by atoms with Gasteiger partial charge in [-0.05, 0) is 20.8 Å². The van der Waals surface area contributed by atoms with E-state index < -0.39 is 0 Å². The molecule has 0 bridgehead atoms. The minimum absolute atomic E-state index is 0.0525. The van der Waals surface area contributed by atoms with E-state index in [0.717, 1.165) is 0 Å². The first-order chi connectivity index (χ1) is 6.56. The van der Waals surface area contributed by atoms with Crippen molar-refractivity contribution in [3.05, 3.63) is 0 Å². The molecule has 0 aliphatic carbocycles. The molecule has 1 amide bonds. The summed E-state index contributed by atoms with van der Waals surface area (Å²) in [6.45, 7) is 6.43. The van der Waals surface area contributed by atoms with Crippen LogP contribution >= 0.6 is 0 Å². The minimum atomic E-state index is 0.0525. The van der Waals surface area contributed by atoms with E-state index >= 15 is 0 Å². The number of carbonyl (C=O) groups excluding carboxylic acids is 1. The van der Waals surface area contributed by atoms with Gasteiger partial charge in [-0.1, -0.05) is 0 Å². The molecule has 0 saturated carbocycles. The third-order valence-corrected chi connectivity index (χ3v) is 1.69. The second kappa shape index (κ2) is 7.34. The van der Waals surface area contributed by atoms with Gasteiger partial charge in [0.15, 0.2) is 0 Å².